The predicted octanol–water partition coefficient (Wildman–Crippen LogP) is 4.82. The third kappa shape index (κ3) is 4.29. The van der Waals surface area contributed by atoms with Crippen LogP contribution in [-0.2, 0) is 11.2 Å². The molecule has 1 aliphatic heterocycles. The van der Waals surface area contributed by atoms with E-state index in [2.05, 4.69) is 16.4 Å². The second-order valence-electron chi connectivity index (χ2n) is 8.91. The first-order valence-corrected chi connectivity index (χ1v) is 12.5. The number of rotatable bonds is 6. The first-order valence-electron chi connectivity index (χ1n) is 11.7. The van der Waals surface area contributed by atoms with Crippen LogP contribution >= 0.6 is 11.3 Å². The van der Waals surface area contributed by atoms with Gasteiger partial charge in [0.2, 0.25) is 5.91 Å². The molecule has 3 aromatic rings. The Morgan fingerprint density at radius 1 is 1.03 bits per heavy atom. The molecule has 1 saturated heterocycles. The Labute approximate surface area is 192 Å². The summed E-state index contributed by atoms with van der Waals surface area (Å²) in [6, 6.07) is 17.4. The highest BCUT2D eigenvalue weighted by molar-refractivity contribution is 7.18. The van der Waals surface area contributed by atoms with Gasteiger partial charge in [-0.1, -0.05) is 43.2 Å². The maximum Gasteiger partial charge on any atom is 0.254 e. The molecular formula is C26H29N3O2S. The van der Waals surface area contributed by atoms with Crippen LogP contribution in [0, 0.1) is 5.92 Å². The van der Waals surface area contributed by atoms with Gasteiger partial charge in [-0.2, -0.15) is 0 Å². The van der Waals surface area contributed by atoms with Gasteiger partial charge in [-0.3, -0.25) is 9.59 Å². The maximum absolute atomic E-state index is 13.4. The summed E-state index contributed by atoms with van der Waals surface area (Å²) in [6.07, 6.45) is 6.93. The lowest BCUT2D eigenvalue weighted by atomic mass is 9.84. The average Bonchev–Trinajstić information content (AvgIpc) is 3.43. The quantitative estimate of drug-likeness (QED) is 0.551. The van der Waals surface area contributed by atoms with Crippen molar-refractivity contribution < 1.29 is 9.59 Å². The number of aryl methyl sites for hydroxylation is 1. The summed E-state index contributed by atoms with van der Waals surface area (Å²) in [7, 11) is 0. The van der Waals surface area contributed by atoms with Crippen molar-refractivity contribution in [2.75, 3.05) is 6.54 Å². The van der Waals surface area contributed by atoms with Crippen molar-refractivity contribution in [2.45, 2.75) is 57.0 Å². The molecule has 2 aromatic carbocycles. The molecular weight excluding hydrogens is 418 g/mol. The minimum Gasteiger partial charge on any atom is -0.354 e. The third-order valence-electron chi connectivity index (χ3n) is 6.85. The number of thiazole rings is 1. The van der Waals surface area contributed by atoms with Gasteiger partial charge in [-0.05, 0) is 55.9 Å². The third-order valence-corrected chi connectivity index (χ3v) is 7.95. The molecule has 2 fully saturated rings. The Hall–Kier alpha value is -2.73. The molecule has 2 amide bonds. The number of hydrogen-bond donors (Lipinski definition) is 1. The largest absolute Gasteiger partial charge is 0.354 e. The maximum atomic E-state index is 13.4. The van der Waals surface area contributed by atoms with Crippen molar-refractivity contribution in [3.05, 3.63) is 65.2 Å². The van der Waals surface area contributed by atoms with Crippen LogP contribution in [0.25, 0.3) is 10.2 Å². The van der Waals surface area contributed by atoms with E-state index in [-0.39, 0.29) is 23.9 Å². The molecule has 1 aliphatic carbocycles. The molecule has 1 N–H and O–H groups in total. The average molecular weight is 448 g/mol. The number of nitrogens with one attached hydrogen (secondary N) is 1. The molecule has 5 rings (SSSR count). The van der Waals surface area contributed by atoms with E-state index >= 15 is 0 Å². The van der Waals surface area contributed by atoms with Crippen LogP contribution in [0.1, 0.15) is 53.9 Å². The standard InChI is InChI=1S/C26H29N3O2S/c30-25(27-16-8-15-24-28-20-12-5-7-14-23(20)32-24)22-17-19-11-4-6-13-21(19)29(22)26(31)18-9-2-1-3-10-18/h1-3,5,7,9-10,12,14,19,21-22H,4,6,8,11,13,15-17H2,(H,27,30). The van der Waals surface area contributed by atoms with Crippen LogP contribution in [0.5, 0.6) is 0 Å². The molecule has 1 aromatic heterocycles. The van der Waals surface area contributed by atoms with E-state index in [9.17, 15) is 9.59 Å². The minimum atomic E-state index is -0.363. The Bertz CT molecular complexity index is 1060. The van der Waals surface area contributed by atoms with E-state index in [1.165, 1.54) is 11.1 Å². The van der Waals surface area contributed by atoms with E-state index in [1.807, 2.05) is 53.4 Å². The lowest BCUT2D eigenvalue weighted by Crippen LogP contribution is -2.49. The number of likely N-dealkylation sites (tertiary alicyclic amines) is 1. The monoisotopic (exact) mass is 447 g/mol. The van der Waals surface area contributed by atoms with E-state index in [0.29, 0.717) is 18.0 Å². The van der Waals surface area contributed by atoms with E-state index in [0.717, 1.165) is 49.0 Å². The number of carbonyl (C=O) groups excluding carboxylic acids is 2. The lowest BCUT2D eigenvalue weighted by molar-refractivity contribution is -0.125. The summed E-state index contributed by atoms with van der Waals surface area (Å²) in [4.78, 5) is 33.1. The molecule has 3 atom stereocenters. The highest BCUT2D eigenvalue weighted by Gasteiger charge is 2.47. The number of fused-ring (bicyclic) bond motifs is 2. The van der Waals surface area contributed by atoms with Gasteiger partial charge in [-0.15, -0.1) is 11.3 Å². The van der Waals surface area contributed by atoms with Gasteiger partial charge < -0.3 is 10.2 Å². The van der Waals surface area contributed by atoms with Crippen molar-refractivity contribution >= 4 is 33.4 Å². The fourth-order valence-corrected chi connectivity index (χ4v) is 6.32. The van der Waals surface area contributed by atoms with Crippen LogP contribution in [0.4, 0.5) is 0 Å². The van der Waals surface area contributed by atoms with E-state index in [4.69, 9.17) is 0 Å². The summed E-state index contributed by atoms with van der Waals surface area (Å²) in [6.45, 7) is 0.605. The summed E-state index contributed by atoms with van der Waals surface area (Å²) >= 11 is 1.72. The van der Waals surface area contributed by atoms with Gasteiger partial charge in [0.05, 0.1) is 15.2 Å². The second-order valence-corrected chi connectivity index (χ2v) is 10.0. The molecule has 0 radical (unpaired) electrons. The summed E-state index contributed by atoms with van der Waals surface area (Å²) in [5.41, 5.74) is 1.72. The van der Waals surface area contributed by atoms with Crippen molar-refractivity contribution in [1.29, 1.82) is 0 Å². The summed E-state index contributed by atoms with van der Waals surface area (Å²) in [5.74, 6) is 0.428. The number of hydrogen-bond acceptors (Lipinski definition) is 4. The van der Waals surface area contributed by atoms with Gasteiger partial charge in [0, 0.05) is 24.6 Å². The molecule has 1 saturated carbocycles. The first-order chi connectivity index (χ1) is 15.7. The molecule has 3 unspecified atom stereocenters. The Balaban J connectivity index is 1.22. The molecule has 6 heteroatoms. The molecule has 0 bridgehead atoms. The SMILES string of the molecule is O=C(NCCCc1nc2ccccc2s1)C1CC2CCCCC2N1C(=O)c1ccccc1. The molecule has 5 nitrogen and oxygen atoms in total. The Morgan fingerprint density at radius 3 is 2.66 bits per heavy atom. The van der Waals surface area contributed by atoms with Crippen molar-refractivity contribution in [3.63, 3.8) is 0 Å². The zero-order valence-corrected chi connectivity index (χ0v) is 19.0. The summed E-state index contributed by atoms with van der Waals surface area (Å²) in [5, 5.41) is 4.22. The van der Waals surface area contributed by atoms with Gasteiger partial charge in [0.1, 0.15) is 6.04 Å². The lowest BCUT2D eigenvalue weighted by Gasteiger charge is -2.33. The number of aromatic nitrogens is 1. The van der Waals surface area contributed by atoms with Crippen molar-refractivity contribution in [2.24, 2.45) is 5.92 Å². The van der Waals surface area contributed by atoms with Crippen LogP contribution < -0.4 is 5.32 Å². The van der Waals surface area contributed by atoms with Crippen LogP contribution in [-0.4, -0.2) is 40.3 Å². The zero-order valence-electron chi connectivity index (χ0n) is 18.2. The predicted molar refractivity (Wildman–Crippen MR) is 128 cm³/mol. The molecule has 2 heterocycles. The van der Waals surface area contributed by atoms with Crippen LogP contribution in [0.3, 0.4) is 0 Å². The zero-order chi connectivity index (χ0) is 21.9. The fourth-order valence-electron chi connectivity index (χ4n) is 5.31. The molecule has 166 valence electrons. The highest BCUT2D eigenvalue weighted by atomic mass is 32.1. The number of carbonyl (C=O) groups is 2. The smallest absolute Gasteiger partial charge is 0.254 e. The van der Waals surface area contributed by atoms with Crippen molar-refractivity contribution in [1.82, 2.24) is 15.2 Å². The normalized spacial score (nSPS) is 22.6. The Kier molecular flexibility index (Phi) is 6.21. The van der Waals surface area contributed by atoms with Crippen LogP contribution in [0.15, 0.2) is 54.6 Å². The molecule has 0 spiro atoms. The number of para-hydroxylation sites is 1. The fraction of sp³-hybridized carbons (Fsp3) is 0.423. The molecule has 2 aliphatic rings. The van der Waals surface area contributed by atoms with E-state index in [1.54, 1.807) is 11.3 Å². The number of benzene rings is 2. The van der Waals surface area contributed by atoms with Gasteiger partial charge in [0.15, 0.2) is 0 Å². The Morgan fingerprint density at radius 2 is 1.81 bits per heavy atom. The van der Waals surface area contributed by atoms with Crippen LogP contribution in [0.2, 0.25) is 0 Å². The van der Waals surface area contributed by atoms with Crippen molar-refractivity contribution in [3.8, 4) is 0 Å². The summed E-state index contributed by atoms with van der Waals surface area (Å²) < 4.78 is 1.20. The number of nitrogens with zero attached hydrogens (tertiary/aromatic N) is 2. The minimum absolute atomic E-state index is 0.00498. The van der Waals surface area contributed by atoms with Gasteiger partial charge in [0.25, 0.3) is 5.91 Å². The highest BCUT2D eigenvalue weighted by Crippen LogP contribution is 2.40. The first kappa shape index (κ1) is 21.1. The topological polar surface area (TPSA) is 62.3 Å². The number of amides is 2. The van der Waals surface area contributed by atoms with Gasteiger partial charge >= 0.3 is 0 Å². The van der Waals surface area contributed by atoms with E-state index < -0.39 is 0 Å². The second kappa shape index (κ2) is 9.41. The molecule has 32 heavy (non-hydrogen) atoms. The van der Waals surface area contributed by atoms with Gasteiger partial charge in [-0.25, -0.2) is 4.98 Å².